The van der Waals surface area contributed by atoms with Crippen molar-refractivity contribution in [3.8, 4) is 11.1 Å². The van der Waals surface area contributed by atoms with Gasteiger partial charge in [0.05, 0.1) is 0 Å². The summed E-state index contributed by atoms with van der Waals surface area (Å²) >= 11 is 0. The summed E-state index contributed by atoms with van der Waals surface area (Å²) in [7, 11) is 2.18. The molecule has 240 valence electrons. The van der Waals surface area contributed by atoms with Gasteiger partial charge in [0, 0.05) is 40.9 Å². The number of fused-ring (bicyclic) bond motifs is 3. The van der Waals surface area contributed by atoms with Gasteiger partial charge in [0.1, 0.15) is 0 Å². The summed E-state index contributed by atoms with van der Waals surface area (Å²) in [4.78, 5) is 4.67. The van der Waals surface area contributed by atoms with Crippen LogP contribution in [0.15, 0.2) is 188 Å². The summed E-state index contributed by atoms with van der Waals surface area (Å²) < 4.78 is 0. The molecule has 0 unspecified atom stereocenters. The summed E-state index contributed by atoms with van der Waals surface area (Å²) in [6, 6.07) is 68.4. The molecule has 0 saturated heterocycles. The predicted octanol–water partition coefficient (Wildman–Crippen LogP) is 13.8. The lowest BCUT2D eigenvalue weighted by atomic mass is 9.89. The van der Waals surface area contributed by atoms with Crippen LogP contribution in [0.4, 0.5) is 28.4 Å². The van der Waals surface area contributed by atoms with Gasteiger partial charge < -0.3 is 9.80 Å². The van der Waals surface area contributed by atoms with Gasteiger partial charge in [-0.15, -0.1) is 0 Å². The minimum Gasteiger partial charge on any atom is -0.344 e. The van der Waals surface area contributed by atoms with Crippen molar-refractivity contribution < 1.29 is 0 Å². The second kappa shape index (κ2) is 11.8. The van der Waals surface area contributed by atoms with Crippen molar-refractivity contribution in [1.29, 1.82) is 0 Å². The third-order valence-corrected chi connectivity index (χ3v) is 10.6. The Labute approximate surface area is 297 Å². The Bertz CT molecular complexity index is 2810. The molecule has 0 N–H and O–H groups in total. The Hall–Kier alpha value is -6.64. The molecule has 0 aliphatic rings. The first-order chi connectivity index (χ1) is 25.2. The number of nitrogens with zero attached hydrogens (tertiary/aromatic N) is 2. The zero-order chi connectivity index (χ0) is 33.9. The van der Waals surface area contributed by atoms with Crippen molar-refractivity contribution in [3.05, 3.63) is 188 Å². The van der Waals surface area contributed by atoms with E-state index < -0.39 is 0 Å². The van der Waals surface area contributed by atoms with Crippen LogP contribution in [0.25, 0.3) is 65.0 Å². The third kappa shape index (κ3) is 4.80. The van der Waals surface area contributed by atoms with Crippen LogP contribution < -0.4 is 9.80 Å². The van der Waals surface area contributed by atoms with E-state index in [9.17, 15) is 0 Å². The van der Waals surface area contributed by atoms with E-state index in [4.69, 9.17) is 0 Å². The minimum absolute atomic E-state index is 1.11. The molecule has 0 radical (unpaired) electrons. The van der Waals surface area contributed by atoms with Crippen LogP contribution in [-0.4, -0.2) is 7.05 Å². The number of anilines is 5. The van der Waals surface area contributed by atoms with Gasteiger partial charge in [-0.2, -0.15) is 0 Å². The number of hydrogen-bond donors (Lipinski definition) is 0. The molecule has 0 atom stereocenters. The molecule has 0 amide bonds. The molecule has 0 aliphatic carbocycles. The standard InChI is InChI=1S/C49H34N2/c1-50(47-31-30-45-43-17-8-15-36-14-7-16-42(48(36)43)44-18-9-19-46(47)49(44)45)38-26-28-40(29-27-38)51(41-25-22-34-12-5-6-13-37(34)32-41)39-23-20-35(21-24-39)33-10-3-2-4-11-33/h2-32H,1H3. The Morgan fingerprint density at radius 2 is 0.824 bits per heavy atom. The first kappa shape index (κ1) is 29.3. The van der Waals surface area contributed by atoms with Crippen LogP contribution in [0.1, 0.15) is 0 Å². The SMILES string of the molecule is CN(c1ccc(N(c2ccc(-c3ccccc3)cc2)c2ccc3ccccc3c2)cc1)c1ccc2c3cccc4cccc(c5cccc1c52)c43. The Kier molecular flexibility index (Phi) is 6.75. The summed E-state index contributed by atoms with van der Waals surface area (Å²) in [5.41, 5.74) is 8.10. The molecule has 0 spiro atoms. The lowest BCUT2D eigenvalue weighted by Crippen LogP contribution is -2.12. The fourth-order valence-corrected chi connectivity index (χ4v) is 8.08. The average molecular weight is 651 g/mol. The Morgan fingerprint density at radius 3 is 1.55 bits per heavy atom. The van der Waals surface area contributed by atoms with Gasteiger partial charge in [0.2, 0.25) is 0 Å². The van der Waals surface area contributed by atoms with Crippen molar-refractivity contribution >= 4 is 82.3 Å². The van der Waals surface area contributed by atoms with E-state index in [1.54, 1.807) is 0 Å². The quantitative estimate of drug-likeness (QED) is 0.131. The molecule has 0 fully saturated rings. The first-order valence-corrected chi connectivity index (χ1v) is 17.6. The zero-order valence-electron chi connectivity index (χ0n) is 28.3. The van der Waals surface area contributed by atoms with Gasteiger partial charge in [-0.25, -0.2) is 0 Å². The molecule has 2 nitrogen and oxygen atoms in total. The highest BCUT2D eigenvalue weighted by Crippen LogP contribution is 2.44. The summed E-state index contributed by atoms with van der Waals surface area (Å²) in [6.45, 7) is 0. The molecule has 0 bridgehead atoms. The highest BCUT2D eigenvalue weighted by molar-refractivity contribution is 6.34. The van der Waals surface area contributed by atoms with Crippen molar-refractivity contribution in [2.75, 3.05) is 16.8 Å². The Balaban J connectivity index is 1.06. The molecule has 10 aromatic carbocycles. The predicted molar refractivity (Wildman–Crippen MR) is 220 cm³/mol. The third-order valence-electron chi connectivity index (χ3n) is 10.6. The van der Waals surface area contributed by atoms with Crippen molar-refractivity contribution in [3.63, 3.8) is 0 Å². The maximum Gasteiger partial charge on any atom is 0.0488 e. The molecule has 51 heavy (non-hydrogen) atoms. The topological polar surface area (TPSA) is 6.48 Å². The minimum atomic E-state index is 1.11. The highest BCUT2D eigenvalue weighted by atomic mass is 15.1. The van der Waals surface area contributed by atoms with Gasteiger partial charge >= 0.3 is 0 Å². The lowest BCUT2D eigenvalue weighted by molar-refractivity contribution is 1.21. The highest BCUT2D eigenvalue weighted by Gasteiger charge is 2.18. The van der Waals surface area contributed by atoms with E-state index in [-0.39, 0.29) is 0 Å². The molecule has 2 heteroatoms. The molecule has 10 aromatic rings. The molecular weight excluding hydrogens is 617 g/mol. The van der Waals surface area contributed by atoms with Crippen LogP contribution in [0.3, 0.4) is 0 Å². The van der Waals surface area contributed by atoms with Gasteiger partial charge in [-0.3, -0.25) is 0 Å². The number of hydrogen-bond acceptors (Lipinski definition) is 2. The second-order valence-electron chi connectivity index (χ2n) is 13.4. The second-order valence-corrected chi connectivity index (χ2v) is 13.4. The van der Waals surface area contributed by atoms with Gasteiger partial charge in [-0.05, 0) is 114 Å². The maximum atomic E-state index is 2.35. The van der Waals surface area contributed by atoms with Gasteiger partial charge in [-0.1, -0.05) is 133 Å². The van der Waals surface area contributed by atoms with Crippen LogP contribution in [0.5, 0.6) is 0 Å². The Morgan fingerprint density at radius 1 is 0.314 bits per heavy atom. The molecule has 10 rings (SSSR count). The van der Waals surface area contributed by atoms with E-state index in [0.29, 0.717) is 0 Å². The van der Waals surface area contributed by atoms with Gasteiger partial charge in [0.25, 0.3) is 0 Å². The summed E-state index contributed by atoms with van der Waals surface area (Å²) in [5, 5.41) is 12.9. The first-order valence-electron chi connectivity index (χ1n) is 17.6. The average Bonchev–Trinajstić information content (AvgIpc) is 3.20. The number of rotatable bonds is 6. The van der Waals surface area contributed by atoms with Crippen LogP contribution in [0.2, 0.25) is 0 Å². The molecule has 0 aromatic heterocycles. The molecule has 0 heterocycles. The largest absolute Gasteiger partial charge is 0.344 e. The van der Waals surface area contributed by atoms with E-state index in [1.807, 2.05) is 0 Å². The number of benzene rings is 10. The van der Waals surface area contributed by atoms with Crippen LogP contribution in [-0.2, 0) is 0 Å². The maximum absolute atomic E-state index is 2.35. The van der Waals surface area contributed by atoms with E-state index in [1.165, 1.54) is 70.7 Å². The summed E-state index contributed by atoms with van der Waals surface area (Å²) in [6.07, 6.45) is 0. The van der Waals surface area contributed by atoms with Crippen molar-refractivity contribution in [1.82, 2.24) is 0 Å². The monoisotopic (exact) mass is 650 g/mol. The molecule has 0 aliphatic heterocycles. The normalized spacial score (nSPS) is 11.6. The smallest absolute Gasteiger partial charge is 0.0488 e. The van der Waals surface area contributed by atoms with Crippen molar-refractivity contribution in [2.45, 2.75) is 0 Å². The van der Waals surface area contributed by atoms with E-state index in [0.717, 1.165) is 22.7 Å². The van der Waals surface area contributed by atoms with E-state index >= 15 is 0 Å². The summed E-state index contributed by atoms with van der Waals surface area (Å²) in [5.74, 6) is 0. The van der Waals surface area contributed by atoms with Crippen molar-refractivity contribution in [2.24, 2.45) is 0 Å². The fourth-order valence-electron chi connectivity index (χ4n) is 8.08. The zero-order valence-corrected chi connectivity index (χ0v) is 28.3. The van der Waals surface area contributed by atoms with Crippen LogP contribution in [0, 0.1) is 0 Å². The molecular formula is C49H34N2. The van der Waals surface area contributed by atoms with E-state index in [2.05, 4.69) is 205 Å². The lowest BCUT2D eigenvalue weighted by Gasteiger charge is -2.27. The molecule has 0 saturated carbocycles. The van der Waals surface area contributed by atoms with Crippen LogP contribution >= 0.6 is 0 Å². The fraction of sp³-hybridized carbons (Fsp3) is 0.0204. The van der Waals surface area contributed by atoms with Gasteiger partial charge in [0.15, 0.2) is 0 Å².